The zero-order valence-corrected chi connectivity index (χ0v) is 19.7. The van der Waals surface area contributed by atoms with Crippen molar-refractivity contribution < 1.29 is 23.9 Å². The van der Waals surface area contributed by atoms with Gasteiger partial charge in [-0.1, -0.05) is 19.8 Å². The van der Waals surface area contributed by atoms with Gasteiger partial charge in [0.25, 0.3) is 0 Å². The third-order valence-electron chi connectivity index (χ3n) is 8.11. The van der Waals surface area contributed by atoms with Crippen molar-refractivity contribution in [1.29, 1.82) is 0 Å². The van der Waals surface area contributed by atoms with Crippen LogP contribution >= 0.6 is 0 Å². The molecule has 1 atom stereocenters. The van der Waals surface area contributed by atoms with Gasteiger partial charge in [-0.2, -0.15) is 0 Å². The van der Waals surface area contributed by atoms with Crippen LogP contribution in [0.4, 0.5) is 16.3 Å². The van der Waals surface area contributed by atoms with Crippen LogP contribution in [0.1, 0.15) is 70.3 Å². The highest BCUT2D eigenvalue weighted by Crippen LogP contribution is 2.44. The monoisotopic (exact) mass is 470 g/mol. The Kier molecular flexibility index (Phi) is 6.46. The fourth-order valence-corrected chi connectivity index (χ4v) is 5.61. The number of aromatic nitrogens is 1. The van der Waals surface area contributed by atoms with Gasteiger partial charge in [-0.15, -0.1) is 0 Å². The molecule has 34 heavy (non-hydrogen) atoms. The highest BCUT2D eigenvalue weighted by atomic mass is 16.6. The lowest BCUT2D eigenvalue weighted by atomic mass is 9.76. The third kappa shape index (κ3) is 4.50. The number of nitrogens with one attached hydrogen (secondary N) is 3. The van der Waals surface area contributed by atoms with E-state index < -0.39 is 17.6 Å². The normalized spacial score (nSPS) is 26.7. The predicted molar refractivity (Wildman–Crippen MR) is 125 cm³/mol. The first-order chi connectivity index (χ1) is 16.4. The summed E-state index contributed by atoms with van der Waals surface area (Å²) in [5.41, 5.74) is 0.938. The van der Waals surface area contributed by atoms with Gasteiger partial charge < -0.3 is 25.4 Å². The van der Waals surface area contributed by atoms with Gasteiger partial charge in [-0.3, -0.25) is 9.59 Å². The first kappa shape index (κ1) is 23.1. The summed E-state index contributed by atoms with van der Waals surface area (Å²) in [7, 11) is 0. The molecule has 5 rings (SSSR count). The predicted octanol–water partition coefficient (Wildman–Crippen LogP) is 3.49. The van der Waals surface area contributed by atoms with E-state index in [1.165, 1.54) is 0 Å². The van der Waals surface area contributed by atoms with Gasteiger partial charge in [0.2, 0.25) is 11.8 Å². The van der Waals surface area contributed by atoms with E-state index in [4.69, 9.17) is 9.47 Å². The van der Waals surface area contributed by atoms with Crippen LogP contribution in [0.15, 0.2) is 12.3 Å². The van der Waals surface area contributed by atoms with Gasteiger partial charge in [-0.25, -0.2) is 9.78 Å². The van der Waals surface area contributed by atoms with Gasteiger partial charge in [0.15, 0.2) is 0 Å². The van der Waals surface area contributed by atoms with E-state index in [1.807, 2.05) is 0 Å². The van der Waals surface area contributed by atoms with E-state index in [2.05, 4.69) is 27.9 Å². The molecule has 0 unspecified atom stereocenters. The molecule has 2 aliphatic heterocycles. The number of fused-ring (bicyclic) bond motifs is 2. The summed E-state index contributed by atoms with van der Waals surface area (Å²) < 4.78 is 10.9. The number of carbonyl (C=O) groups is 3. The van der Waals surface area contributed by atoms with Gasteiger partial charge in [-0.05, 0) is 56.8 Å². The van der Waals surface area contributed by atoms with Crippen LogP contribution in [0.2, 0.25) is 0 Å². The quantitative estimate of drug-likeness (QED) is 0.606. The Labute approximate surface area is 199 Å². The Bertz CT molecular complexity index is 949. The molecule has 2 saturated carbocycles. The molecule has 9 heteroatoms. The van der Waals surface area contributed by atoms with E-state index in [9.17, 15) is 14.4 Å². The van der Waals surface area contributed by atoms with Gasteiger partial charge in [0.05, 0.1) is 11.1 Å². The minimum Gasteiger partial charge on any atom is -0.446 e. The number of hydrogen-bond acceptors (Lipinski definition) is 6. The maximum atomic E-state index is 13.3. The largest absolute Gasteiger partial charge is 0.446 e. The molecule has 0 aromatic carbocycles. The summed E-state index contributed by atoms with van der Waals surface area (Å²) in [6.45, 7) is 3.29. The van der Waals surface area contributed by atoms with Crippen molar-refractivity contribution >= 4 is 29.4 Å². The summed E-state index contributed by atoms with van der Waals surface area (Å²) in [6.07, 6.45) is 8.99. The molecule has 3 amide bonds. The fraction of sp³-hybridized carbons (Fsp3) is 0.680. The SMILES string of the molecule is CC1CCC([C@H](NC(=O)OC2CCC2)C(=O)Nc2cc3c(cn2)C2(CCOCC2)C(=O)N3)CC1. The van der Waals surface area contributed by atoms with E-state index in [1.54, 1.807) is 12.3 Å². The highest BCUT2D eigenvalue weighted by Gasteiger charge is 2.48. The van der Waals surface area contributed by atoms with E-state index in [0.717, 1.165) is 50.5 Å². The third-order valence-corrected chi connectivity index (χ3v) is 8.11. The van der Waals surface area contributed by atoms with Crippen LogP contribution in [0.5, 0.6) is 0 Å². The smallest absolute Gasteiger partial charge is 0.408 e. The van der Waals surface area contributed by atoms with Crippen molar-refractivity contribution in [2.24, 2.45) is 11.8 Å². The number of carbonyl (C=O) groups excluding carboxylic acids is 3. The zero-order chi connectivity index (χ0) is 23.7. The van der Waals surface area contributed by atoms with Crippen molar-refractivity contribution in [3.8, 4) is 0 Å². The molecular formula is C25H34N4O5. The second kappa shape index (κ2) is 9.52. The lowest BCUT2D eigenvalue weighted by Crippen LogP contribution is -2.50. The molecule has 3 N–H and O–H groups in total. The number of rotatable bonds is 5. The van der Waals surface area contributed by atoms with Crippen LogP contribution in [0, 0.1) is 11.8 Å². The molecule has 1 spiro atoms. The molecule has 0 bridgehead atoms. The number of pyridine rings is 1. The molecule has 4 aliphatic rings. The van der Waals surface area contributed by atoms with Crippen LogP contribution in [0.3, 0.4) is 0 Å². The number of anilines is 2. The van der Waals surface area contributed by atoms with Crippen molar-refractivity contribution in [2.45, 2.75) is 82.3 Å². The molecule has 0 radical (unpaired) electrons. The molecule has 3 heterocycles. The number of ether oxygens (including phenoxy) is 2. The lowest BCUT2D eigenvalue weighted by molar-refractivity contribution is -0.124. The zero-order valence-electron chi connectivity index (χ0n) is 19.7. The van der Waals surface area contributed by atoms with E-state index in [0.29, 0.717) is 43.5 Å². The van der Waals surface area contributed by atoms with Crippen LogP contribution in [0.25, 0.3) is 0 Å². The summed E-state index contributed by atoms with van der Waals surface area (Å²) in [6, 6.07) is 1.02. The number of hydrogen-bond donors (Lipinski definition) is 3. The average Bonchev–Trinajstić information content (AvgIpc) is 3.06. The Hall–Kier alpha value is -2.68. The lowest BCUT2D eigenvalue weighted by Gasteiger charge is -2.33. The minimum atomic E-state index is -0.688. The molecule has 1 aromatic heterocycles. The summed E-state index contributed by atoms with van der Waals surface area (Å²) in [4.78, 5) is 43.1. The fourth-order valence-electron chi connectivity index (χ4n) is 5.61. The van der Waals surface area contributed by atoms with Crippen molar-refractivity contribution in [3.63, 3.8) is 0 Å². The summed E-state index contributed by atoms with van der Waals surface area (Å²) >= 11 is 0. The highest BCUT2D eigenvalue weighted by molar-refractivity contribution is 6.07. The first-order valence-electron chi connectivity index (χ1n) is 12.6. The number of alkyl carbamates (subject to hydrolysis) is 1. The molecule has 1 aromatic rings. The van der Waals surface area contributed by atoms with Crippen molar-refractivity contribution in [3.05, 3.63) is 17.8 Å². The van der Waals surface area contributed by atoms with Gasteiger partial charge >= 0.3 is 6.09 Å². The molecule has 3 fully saturated rings. The Morgan fingerprint density at radius 2 is 1.91 bits per heavy atom. The molecule has 1 saturated heterocycles. The summed E-state index contributed by atoms with van der Waals surface area (Å²) in [5, 5.41) is 8.68. The van der Waals surface area contributed by atoms with Gasteiger partial charge in [0, 0.05) is 31.0 Å². The van der Waals surface area contributed by atoms with Crippen LogP contribution < -0.4 is 16.0 Å². The average molecular weight is 471 g/mol. The second-order valence-electron chi connectivity index (χ2n) is 10.4. The molecule has 184 valence electrons. The Morgan fingerprint density at radius 3 is 2.59 bits per heavy atom. The van der Waals surface area contributed by atoms with Crippen LogP contribution in [-0.2, 0) is 24.5 Å². The van der Waals surface area contributed by atoms with E-state index >= 15 is 0 Å². The van der Waals surface area contributed by atoms with Crippen LogP contribution in [-0.4, -0.2) is 48.3 Å². The molecule has 9 nitrogen and oxygen atoms in total. The minimum absolute atomic E-state index is 0.0364. The number of nitrogens with zero attached hydrogens (tertiary/aromatic N) is 1. The number of amides is 3. The Balaban J connectivity index is 1.30. The molecular weight excluding hydrogens is 436 g/mol. The maximum absolute atomic E-state index is 13.3. The maximum Gasteiger partial charge on any atom is 0.408 e. The summed E-state index contributed by atoms with van der Waals surface area (Å²) in [5.74, 6) is 0.691. The topological polar surface area (TPSA) is 119 Å². The van der Waals surface area contributed by atoms with Crippen molar-refractivity contribution in [1.82, 2.24) is 10.3 Å². The van der Waals surface area contributed by atoms with E-state index in [-0.39, 0.29) is 23.8 Å². The first-order valence-corrected chi connectivity index (χ1v) is 12.6. The Morgan fingerprint density at radius 1 is 1.18 bits per heavy atom. The second-order valence-corrected chi connectivity index (χ2v) is 10.4. The van der Waals surface area contributed by atoms with Gasteiger partial charge in [0.1, 0.15) is 18.0 Å². The standard InChI is InChI=1S/C25H34N4O5/c1-15-5-7-16(8-6-15)21(29-24(32)34-17-3-2-4-17)22(30)28-20-13-19-18(14-26-20)25(23(31)27-19)9-11-33-12-10-25/h13-17,21H,2-12H2,1H3,(H,27,31)(H,29,32)(H,26,28,30)/t15?,16?,21-/m0/s1. The van der Waals surface area contributed by atoms with Crippen molar-refractivity contribution in [2.75, 3.05) is 23.8 Å². The molecule has 2 aliphatic carbocycles.